The van der Waals surface area contributed by atoms with Gasteiger partial charge in [-0.25, -0.2) is 0 Å². The molecule has 0 aliphatic carbocycles. The second-order valence-corrected chi connectivity index (χ2v) is 2.91. The number of nitrogens with zero attached hydrogens (tertiary/aromatic N) is 1. The fourth-order valence-electron chi connectivity index (χ4n) is 0.670. The standard InChI is InChI=1S/C5F13NO/c6-1(7,2(8,9)10)3(11,12)19(4(13,14)15)20-5(16,17)18. The summed E-state index contributed by atoms with van der Waals surface area (Å²) in [4.78, 5) is 1.53. The summed E-state index contributed by atoms with van der Waals surface area (Å²) >= 11 is 0. The van der Waals surface area contributed by atoms with E-state index in [1.165, 1.54) is 4.84 Å². The van der Waals surface area contributed by atoms with Gasteiger partial charge >= 0.3 is 30.8 Å². The van der Waals surface area contributed by atoms with Crippen molar-refractivity contribution < 1.29 is 61.9 Å². The molecule has 0 bridgehead atoms. The molecule has 15 heteroatoms. The van der Waals surface area contributed by atoms with Gasteiger partial charge in [0.1, 0.15) is 0 Å². The van der Waals surface area contributed by atoms with E-state index in [1.807, 2.05) is 0 Å². The van der Waals surface area contributed by atoms with Gasteiger partial charge in [-0.15, -0.1) is 13.2 Å². The maximum atomic E-state index is 12.5. The van der Waals surface area contributed by atoms with Gasteiger partial charge < -0.3 is 0 Å². The van der Waals surface area contributed by atoms with Crippen molar-refractivity contribution in [2.75, 3.05) is 0 Å². The van der Waals surface area contributed by atoms with Crippen LogP contribution in [0.15, 0.2) is 0 Å². The van der Waals surface area contributed by atoms with E-state index < -0.39 is 35.9 Å². The summed E-state index contributed by atoms with van der Waals surface area (Å²) < 4.78 is 154. The Bertz CT molecular complexity index is 336. The minimum atomic E-state index is -7.47. The van der Waals surface area contributed by atoms with Crippen molar-refractivity contribution in [3.05, 3.63) is 0 Å². The molecule has 0 heterocycles. The monoisotopic (exact) mass is 337 g/mol. The molecule has 0 spiro atoms. The molecule has 0 saturated heterocycles. The molecule has 20 heavy (non-hydrogen) atoms. The van der Waals surface area contributed by atoms with E-state index in [0.29, 0.717) is 0 Å². The highest BCUT2D eigenvalue weighted by Crippen LogP contribution is 2.51. The highest BCUT2D eigenvalue weighted by molar-refractivity contribution is 4.89. The summed E-state index contributed by atoms with van der Waals surface area (Å²) in [6, 6.07) is -7.40. The third-order valence-corrected chi connectivity index (χ3v) is 1.41. The van der Waals surface area contributed by atoms with Crippen LogP contribution in [-0.4, -0.2) is 35.9 Å². The molecule has 0 radical (unpaired) electrons. The highest BCUT2D eigenvalue weighted by Gasteiger charge is 2.80. The van der Waals surface area contributed by atoms with Gasteiger partial charge in [-0.1, -0.05) is 0 Å². The molecule has 0 aliphatic heterocycles. The van der Waals surface area contributed by atoms with Gasteiger partial charge in [-0.3, -0.25) is 0 Å². The Morgan fingerprint density at radius 2 is 0.950 bits per heavy atom. The zero-order valence-electron chi connectivity index (χ0n) is 8.27. The predicted molar refractivity (Wildman–Crippen MR) is 31.0 cm³/mol. The lowest BCUT2D eigenvalue weighted by molar-refractivity contribution is -0.562. The SMILES string of the molecule is FC(F)(F)ON(C(F)(F)F)C(F)(F)C(F)(F)C(F)(F)F. The van der Waals surface area contributed by atoms with E-state index in [4.69, 9.17) is 0 Å². The molecule has 0 aromatic carbocycles. The molecule has 0 unspecified atom stereocenters. The summed E-state index contributed by atoms with van der Waals surface area (Å²) in [5, 5.41) is -3.71. The van der Waals surface area contributed by atoms with Crippen molar-refractivity contribution >= 4 is 0 Å². The molecule has 0 aromatic rings. The van der Waals surface area contributed by atoms with Crippen LogP contribution < -0.4 is 0 Å². The fraction of sp³-hybridized carbons (Fsp3) is 1.00. The Morgan fingerprint density at radius 1 is 0.600 bits per heavy atom. The molecule has 0 aromatic heterocycles. The van der Waals surface area contributed by atoms with Gasteiger partial charge in [0.25, 0.3) is 0 Å². The van der Waals surface area contributed by atoms with Gasteiger partial charge in [0.05, 0.1) is 0 Å². The number of alkyl halides is 13. The maximum absolute atomic E-state index is 12.5. The molecule has 0 aliphatic rings. The summed E-state index contributed by atoms with van der Waals surface area (Å²) in [6.45, 7) is 0. The van der Waals surface area contributed by atoms with Gasteiger partial charge in [-0.2, -0.15) is 48.7 Å². The van der Waals surface area contributed by atoms with Crippen LogP contribution in [0.5, 0.6) is 0 Å². The molecule has 2 nitrogen and oxygen atoms in total. The van der Waals surface area contributed by atoms with Crippen molar-refractivity contribution in [3.8, 4) is 0 Å². The molecular formula is C5F13NO. The third kappa shape index (κ3) is 3.77. The quantitative estimate of drug-likeness (QED) is 0.438. The second-order valence-electron chi connectivity index (χ2n) is 2.91. The molecule has 0 rings (SSSR count). The molecule has 0 saturated carbocycles. The molecular weight excluding hydrogens is 337 g/mol. The first-order chi connectivity index (χ1) is 8.34. The van der Waals surface area contributed by atoms with Crippen molar-refractivity contribution in [2.24, 2.45) is 0 Å². The minimum Gasteiger partial charge on any atom is -0.187 e. The normalized spacial score (nSPS) is 15.9. The third-order valence-electron chi connectivity index (χ3n) is 1.41. The van der Waals surface area contributed by atoms with E-state index in [-0.39, 0.29) is 0 Å². The van der Waals surface area contributed by atoms with Crippen LogP contribution >= 0.6 is 0 Å². The van der Waals surface area contributed by atoms with E-state index in [9.17, 15) is 57.1 Å². The first-order valence-electron chi connectivity index (χ1n) is 3.79. The van der Waals surface area contributed by atoms with E-state index in [0.717, 1.165) is 0 Å². The summed E-state index contributed by atoms with van der Waals surface area (Å²) in [5.41, 5.74) is 0. The molecule has 122 valence electrons. The van der Waals surface area contributed by atoms with Crippen LogP contribution in [-0.2, 0) is 4.84 Å². The minimum absolute atomic E-state index is 1.53. The Labute approximate surface area is 99.2 Å². The molecule has 0 fully saturated rings. The van der Waals surface area contributed by atoms with Crippen LogP contribution in [0, 0.1) is 0 Å². The van der Waals surface area contributed by atoms with E-state index in [1.54, 1.807) is 0 Å². The first-order valence-corrected chi connectivity index (χ1v) is 3.79. The largest absolute Gasteiger partial charge is 0.539 e. The summed E-state index contributed by atoms with van der Waals surface area (Å²) in [5.74, 6) is -7.47. The Hall–Kier alpha value is -0.990. The number of hydroxylamine groups is 2. The maximum Gasteiger partial charge on any atom is 0.539 e. The van der Waals surface area contributed by atoms with Gasteiger partial charge in [0, 0.05) is 0 Å². The number of rotatable bonds is 3. The lowest BCUT2D eigenvalue weighted by Gasteiger charge is -2.36. The van der Waals surface area contributed by atoms with Crippen molar-refractivity contribution in [1.29, 1.82) is 0 Å². The van der Waals surface area contributed by atoms with Crippen molar-refractivity contribution in [1.82, 2.24) is 5.06 Å². The summed E-state index contributed by atoms with van der Waals surface area (Å²) in [7, 11) is 0. The van der Waals surface area contributed by atoms with E-state index in [2.05, 4.69) is 0 Å². The molecule has 0 N–H and O–H groups in total. The highest BCUT2D eigenvalue weighted by atomic mass is 19.4. The lowest BCUT2D eigenvalue weighted by atomic mass is 10.2. The van der Waals surface area contributed by atoms with Crippen molar-refractivity contribution in [2.45, 2.75) is 30.8 Å². The number of halogens is 13. The van der Waals surface area contributed by atoms with E-state index >= 15 is 0 Å². The average molecular weight is 337 g/mol. The fourth-order valence-corrected chi connectivity index (χ4v) is 0.670. The van der Waals surface area contributed by atoms with Gasteiger partial charge in [0.2, 0.25) is 0 Å². The Balaban J connectivity index is 5.80. The first kappa shape index (κ1) is 19.0. The molecule has 0 atom stereocenters. The van der Waals surface area contributed by atoms with Crippen LogP contribution in [0.3, 0.4) is 0 Å². The zero-order chi connectivity index (χ0) is 16.8. The Kier molecular flexibility index (Phi) is 4.55. The van der Waals surface area contributed by atoms with Gasteiger partial charge in [0.15, 0.2) is 0 Å². The number of hydrogen-bond donors (Lipinski definition) is 0. The van der Waals surface area contributed by atoms with Crippen LogP contribution in [0.2, 0.25) is 0 Å². The average Bonchev–Trinajstić information content (AvgIpc) is 2.08. The van der Waals surface area contributed by atoms with Crippen molar-refractivity contribution in [3.63, 3.8) is 0 Å². The van der Waals surface area contributed by atoms with Crippen LogP contribution in [0.25, 0.3) is 0 Å². The lowest BCUT2D eigenvalue weighted by Crippen LogP contribution is -2.65. The van der Waals surface area contributed by atoms with Crippen LogP contribution in [0.4, 0.5) is 57.1 Å². The van der Waals surface area contributed by atoms with Crippen LogP contribution in [0.1, 0.15) is 0 Å². The number of hydrogen-bond acceptors (Lipinski definition) is 2. The topological polar surface area (TPSA) is 12.5 Å². The summed E-state index contributed by atoms with van der Waals surface area (Å²) in [6.07, 6.45) is -20.9. The van der Waals surface area contributed by atoms with Gasteiger partial charge in [-0.05, 0) is 5.06 Å². The smallest absolute Gasteiger partial charge is 0.187 e. The zero-order valence-corrected chi connectivity index (χ0v) is 8.27. The Morgan fingerprint density at radius 3 is 1.15 bits per heavy atom. The predicted octanol–water partition coefficient (Wildman–Crippen LogP) is 4.05. The second kappa shape index (κ2) is 4.78. The molecule has 0 amide bonds.